The lowest BCUT2D eigenvalue weighted by Gasteiger charge is -2.30. The molecule has 5 nitrogen and oxygen atoms in total. The number of carbonyl (C=O) groups is 1. The van der Waals surface area contributed by atoms with Gasteiger partial charge in [0.1, 0.15) is 0 Å². The average Bonchev–Trinajstić information content (AvgIpc) is 2.16. The minimum atomic E-state index is -1.13. The van der Waals surface area contributed by atoms with Gasteiger partial charge in [-0.1, -0.05) is 0 Å². The SMILES string of the molecule is CC(CC(=O)[O-])O[C@H]1CCCC(CO)O1. The van der Waals surface area contributed by atoms with Gasteiger partial charge in [0.25, 0.3) is 0 Å². The summed E-state index contributed by atoms with van der Waals surface area (Å²) in [5, 5.41) is 19.2. The van der Waals surface area contributed by atoms with Crippen LogP contribution in [0, 0.1) is 0 Å². The second-order valence-electron chi connectivity index (χ2n) is 3.82. The molecule has 0 amide bonds. The molecule has 0 bridgehead atoms. The van der Waals surface area contributed by atoms with Crippen LogP contribution < -0.4 is 5.11 Å². The van der Waals surface area contributed by atoms with E-state index in [0.717, 1.165) is 19.3 Å². The molecule has 0 aromatic carbocycles. The third kappa shape index (κ3) is 4.59. The molecule has 3 atom stereocenters. The minimum Gasteiger partial charge on any atom is -0.550 e. The maximum atomic E-state index is 10.3. The molecule has 1 aliphatic heterocycles. The molecule has 1 rings (SSSR count). The number of aliphatic hydroxyl groups excluding tert-OH is 1. The Morgan fingerprint density at radius 1 is 1.67 bits per heavy atom. The lowest BCUT2D eigenvalue weighted by atomic mass is 10.1. The van der Waals surface area contributed by atoms with Crippen molar-refractivity contribution in [3.8, 4) is 0 Å². The van der Waals surface area contributed by atoms with Crippen LogP contribution >= 0.6 is 0 Å². The molecule has 1 fully saturated rings. The summed E-state index contributed by atoms with van der Waals surface area (Å²) in [5.41, 5.74) is 0. The normalized spacial score (nSPS) is 28.7. The van der Waals surface area contributed by atoms with Crippen LogP contribution in [0.3, 0.4) is 0 Å². The van der Waals surface area contributed by atoms with Gasteiger partial charge in [0.05, 0.1) is 18.8 Å². The molecule has 0 aliphatic carbocycles. The molecule has 15 heavy (non-hydrogen) atoms. The summed E-state index contributed by atoms with van der Waals surface area (Å²) in [7, 11) is 0. The fraction of sp³-hybridized carbons (Fsp3) is 0.900. The Balaban J connectivity index is 2.27. The van der Waals surface area contributed by atoms with E-state index in [1.165, 1.54) is 0 Å². The zero-order valence-corrected chi connectivity index (χ0v) is 8.85. The molecule has 1 saturated heterocycles. The Morgan fingerprint density at radius 2 is 2.40 bits per heavy atom. The van der Waals surface area contributed by atoms with Gasteiger partial charge in [-0.15, -0.1) is 0 Å². The quantitative estimate of drug-likeness (QED) is 0.666. The number of rotatable bonds is 5. The van der Waals surface area contributed by atoms with Crippen LogP contribution in [0.1, 0.15) is 32.6 Å². The molecule has 1 N–H and O–H groups in total. The number of hydrogen-bond acceptors (Lipinski definition) is 5. The van der Waals surface area contributed by atoms with Crippen LogP contribution in [0.15, 0.2) is 0 Å². The van der Waals surface area contributed by atoms with E-state index in [-0.39, 0.29) is 19.1 Å². The summed E-state index contributed by atoms with van der Waals surface area (Å²) >= 11 is 0. The second-order valence-corrected chi connectivity index (χ2v) is 3.82. The number of aliphatic carboxylic acids is 1. The molecule has 0 radical (unpaired) electrons. The van der Waals surface area contributed by atoms with Gasteiger partial charge >= 0.3 is 0 Å². The van der Waals surface area contributed by atoms with Crippen molar-refractivity contribution in [3.63, 3.8) is 0 Å². The van der Waals surface area contributed by atoms with Crippen LogP contribution in [0.25, 0.3) is 0 Å². The van der Waals surface area contributed by atoms with Crippen LogP contribution in [-0.2, 0) is 14.3 Å². The van der Waals surface area contributed by atoms with Crippen molar-refractivity contribution in [1.29, 1.82) is 0 Å². The molecule has 0 aromatic heterocycles. The third-order valence-corrected chi connectivity index (χ3v) is 2.35. The zero-order chi connectivity index (χ0) is 11.3. The summed E-state index contributed by atoms with van der Waals surface area (Å²) in [6, 6.07) is 0. The van der Waals surface area contributed by atoms with Crippen molar-refractivity contribution in [1.82, 2.24) is 0 Å². The fourth-order valence-corrected chi connectivity index (χ4v) is 1.64. The summed E-state index contributed by atoms with van der Waals surface area (Å²) < 4.78 is 10.8. The van der Waals surface area contributed by atoms with E-state index in [1.54, 1.807) is 6.92 Å². The van der Waals surface area contributed by atoms with Gasteiger partial charge in [-0.3, -0.25) is 0 Å². The summed E-state index contributed by atoms with van der Waals surface area (Å²) in [4.78, 5) is 10.3. The first-order chi connectivity index (χ1) is 7.11. The molecular formula is C10H17O5-. The van der Waals surface area contributed by atoms with Gasteiger partial charge in [-0.2, -0.15) is 0 Å². The highest BCUT2D eigenvalue weighted by Gasteiger charge is 2.23. The maximum Gasteiger partial charge on any atom is 0.158 e. The lowest BCUT2D eigenvalue weighted by Crippen LogP contribution is -2.35. The highest BCUT2D eigenvalue weighted by Crippen LogP contribution is 2.21. The Labute approximate surface area is 89.0 Å². The molecule has 0 spiro atoms. The predicted octanol–water partition coefficient (Wildman–Crippen LogP) is -0.581. The van der Waals surface area contributed by atoms with Crippen molar-refractivity contribution in [3.05, 3.63) is 0 Å². The molecule has 1 aliphatic rings. The van der Waals surface area contributed by atoms with E-state index in [9.17, 15) is 9.90 Å². The van der Waals surface area contributed by atoms with Crippen LogP contribution in [0.2, 0.25) is 0 Å². The second kappa shape index (κ2) is 6.05. The summed E-state index contributed by atoms with van der Waals surface area (Å²) in [6.07, 6.45) is 1.36. The van der Waals surface area contributed by atoms with Gasteiger partial charge in [-0.25, -0.2) is 0 Å². The number of carbonyl (C=O) groups excluding carboxylic acids is 1. The van der Waals surface area contributed by atoms with E-state index in [1.807, 2.05) is 0 Å². The molecule has 1 heterocycles. The highest BCUT2D eigenvalue weighted by molar-refractivity contribution is 5.64. The van der Waals surface area contributed by atoms with Crippen molar-refractivity contribution in [2.45, 2.75) is 51.1 Å². The maximum absolute atomic E-state index is 10.3. The smallest absolute Gasteiger partial charge is 0.158 e. The number of aliphatic hydroxyl groups is 1. The van der Waals surface area contributed by atoms with E-state index in [0.29, 0.717) is 0 Å². The van der Waals surface area contributed by atoms with Crippen LogP contribution in [0.4, 0.5) is 0 Å². The Bertz CT molecular complexity index is 206. The lowest BCUT2D eigenvalue weighted by molar-refractivity contribution is -0.309. The van der Waals surface area contributed by atoms with Gasteiger partial charge in [0, 0.05) is 12.4 Å². The first-order valence-electron chi connectivity index (χ1n) is 5.23. The highest BCUT2D eigenvalue weighted by atomic mass is 16.7. The van der Waals surface area contributed by atoms with Crippen molar-refractivity contribution < 1.29 is 24.5 Å². The number of ether oxygens (including phenoxy) is 2. The minimum absolute atomic E-state index is 0.0191. The number of hydrogen-bond donors (Lipinski definition) is 1. The topological polar surface area (TPSA) is 78.8 Å². The molecular weight excluding hydrogens is 200 g/mol. The summed E-state index contributed by atoms with van der Waals surface area (Å²) in [5.74, 6) is -1.13. The Hall–Kier alpha value is -0.650. The van der Waals surface area contributed by atoms with Gasteiger partial charge in [0.2, 0.25) is 0 Å². The van der Waals surface area contributed by atoms with E-state index in [4.69, 9.17) is 14.6 Å². The van der Waals surface area contributed by atoms with E-state index < -0.39 is 18.4 Å². The number of carboxylic acids is 1. The molecule has 0 aromatic rings. The summed E-state index contributed by atoms with van der Waals surface area (Å²) in [6.45, 7) is 1.65. The molecule has 5 heteroatoms. The molecule has 88 valence electrons. The standard InChI is InChI=1S/C10H18O5/c1-7(5-9(12)13)14-10-4-2-3-8(6-11)15-10/h7-8,10-11H,2-6H2,1H3,(H,12,13)/p-1/t7?,8?,10-/m1/s1. The van der Waals surface area contributed by atoms with Crippen molar-refractivity contribution in [2.24, 2.45) is 0 Å². The monoisotopic (exact) mass is 217 g/mol. The largest absolute Gasteiger partial charge is 0.550 e. The van der Waals surface area contributed by atoms with Gasteiger partial charge in [-0.05, 0) is 26.2 Å². The molecule has 2 unspecified atom stereocenters. The van der Waals surface area contributed by atoms with E-state index >= 15 is 0 Å². The Morgan fingerprint density at radius 3 is 3.00 bits per heavy atom. The van der Waals surface area contributed by atoms with Crippen LogP contribution in [0.5, 0.6) is 0 Å². The van der Waals surface area contributed by atoms with Gasteiger partial charge < -0.3 is 24.5 Å². The van der Waals surface area contributed by atoms with Crippen molar-refractivity contribution >= 4 is 5.97 Å². The fourth-order valence-electron chi connectivity index (χ4n) is 1.64. The van der Waals surface area contributed by atoms with Crippen molar-refractivity contribution in [2.75, 3.05) is 6.61 Å². The third-order valence-electron chi connectivity index (χ3n) is 2.35. The van der Waals surface area contributed by atoms with Gasteiger partial charge in [0.15, 0.2) is 6.29 Å². The van der Waals surface area contributed by atoms with E-state index in [2.05, 4.69) is 0 Å². The molecule has 0 saturated carbocycles. The average molecular weight is 217 g/mol. The zero-order valence-electron chi connectivity index (χ0n) is 8.85. The number of carboxylic acid groups (broad SMARTS) is 1. The predicted molar refractivity (Wildman–Crippen MR) is 49.8 cm³/mol. The first-order valence-corrected chi connectivity index (χ1v) is 5.23. The first kappa shape index (κ1) is 12.4. The van der Waals surface area contributed by atoms with Crippen LogP contribution in [-0.4, -0.2) is 36.2 Å². The Kier molecular flexibility index (Phi) is 5.01.